The monoisotopic (exact) mass is 248 g/mol. The van der Waals surface area contributed by atoms with Crippen molar-refractivity contribution in [1.82, 2.24) is 0 Å². The van der Waals surface area contributed by atoms with Gasteiger partial charge in [0.1, 0.15) is 0 Å². The van der Waals surface area contributed by atoms with Gasteiger partial charge in [-0.3, -0.25) is 0 Å². The molecule has 1 saturated carbocycles. The molecule has 0 atom stereocenters. The summed E-state index contributed by atoms with van der Waals surface area (Å²) in [5, 5.41) is 9.05. The first kappa shape index (κ1) is 12.7. The van der Waals surface area contributed by atoms with Gasteiger partial charge in [-0.25, -0.2) is 4.79 Å². The van der Waals surface area contributed by atoms with Gasteiger partial charge in [0.25, 0.3) is 0 Å². The van der Waals surface area contributed by atoms with Crippen molar-refractivity contribution in [3.8, 4) is 0 Å². The summed E-state index contributed by atoms with van der Waals surface area (Å²) in [4.78, 5) is 13.2. The maximum Gasteiger partial charge on any atom is 0.335 e. The van der Waals surface area contributed by atoms with Crippen LogP contribution in [0, 0.1) is 5.92 Å². The average molecular weight is 248 g/mol. The van der Waals surface area contributed by atoms with Crippen LogP contribution in [-0.2, 0) is 0 Å². The van der Waals surface area contributed by atoms with E-state index in [4.69, 9.17) is 10.8 Å². The number of rotatable bonds is 6. The van der Waals surface area contributed by atoms with Crippen molar-refractivity contribution >= 4 is 17.3 Å². The summed E-state index contributed by atoms with van der Waals surface area (Å²) in [7, 11) is 0. The fourth-order valence-corrected chi connectivity index (χ4v) is 2.14. The van der Waals surface area contributed by atoms with Crippen LogP contribution in [0.2, 0.25) is 0 Å². The van der Waals surface area contributed by atoms with Gasteiger partial charge in [-0.05, 0) is 43.4 Å². The van der Waals surface area contributed by atoms with Crippen molar-refractivity contribution in [2.45, 2.75) is 26.2 Å². The molecule has 0 radical (unpaired) electrons. The molecular weight excluding hydrogens is 228 g/mol. The highest BCUT2D eigenvalue weighted by Crippen LogP contribution is 2.33. The smallest absolute Gasteiger partial charge is 0.335 e. The third kappa shape index (κ3) is 2.94. The molecule has 2 rings (SSSR count). The van der Waals surface area contributed by atoms with Crippen LogP contribution in [0.1, 0.15) is 36.5 Å². The summed E-state index contributed by atoms with van der Waals surface area (Å²) in [6.07, 6.45) is 3.58. The summed E-state index contributed by atoms with van der Waals surface area (Å²) in [6.45, 7) is 4.03. The Kier molecular flexibility index (Phi) is 3.75. The molecule has 0 heterocycles. The Labute approximate surface area is 107 Å². The maximum atomic E-state index is 11.0. The Bertz CT molecular complexity index is 441. The molecule has 0 amide bonds. The Hall–Kier alpha value is -1.71. The fraction of sp³-hybridized carbons (Fsp3) is 0.500. The van der Waals surface area contributed by atoms with Gasteiger partial charge in [0, 0.05) is 13.1 Å². The van der Waals surface area contributed by atoms with E-state index < -0.39 is 5.97 Å². The second kappa shape index (κ2) is 5.29. The molecule has 0 bridgehead atoms. The minimum Gasteiger partial charge on any atom is -0.478 e. The number of hydrogen-bond acceptors (Lipinski definition) is 3. The minimum absolute atomic E-state index is 0.302. The largest absolute Gasteiger partial charge is 0.478 e. The van der Waals surface area contributed by atoms with Gasteiger partial charge in [-0.15, -0.1) is 0 Å². The Morgan fingerprint density at radius 2 is 2.22 bits per heavy atom. The second-order valence-corrected chi connectivity index (χ2v) is 4.97. The maximum absolute atomic E-state index is 11.0. The van der Waals surface area contributed by atoms with Gasteiger partial charge < -0.3 is 15.7 Å². The van der Waals surface area contributed by atoms with E-state index in [1.54, 1.807) is 18.2 Å². The van der Waals surface area contributed by atoms with Gasteiger partial charge in [-0.1, -0.05) is 6.92 Å². The van der Waals surface area contributed by atoms with Crippen LogP contribution in [0.25, 0.3) is 0 Å². The second-order valence-electron chi connectivity index (χ2n) is 4.97. The third-order valence-corrected chi connectivity index (χ3v) is 3.29. The summed E-state index contributed by atoms with van der Waals surface area (Å²) in [5.74, 6) is -0.149. The first-order valence-electron chi connectivity index (χ1n) is 6.49. The molecule has 18 heavy (non-hydrogen) atoms. The van der Waals surface area contributed by atoms with Gasteiger partial charge in [0.05, 0.1) is 16.9 Å². The summed E-state index contributed by atoms with van der Waals surface area (Å²) < 4.78 is 0. The van der Waals surface area contributed by atoms with E-state index in [1.165, 1.54) is 12.8 Å². The van der Waals surface area contributed by atoms with Crippen LogP contribution in [0.4, 0.5) is 11.4 Å². The number of anilines is 2. The van der Waals surface area contributed by atoms with Crippen molar-refractivity contribution in [2.24, 2.45) is 5.92 Å². The third-order valence-electron chi connectivity index (χ3n) is 3.29. The number of hydrogen-bond donors (Lipinski definition) is 2. The highest BCUT2D eigenvalue weighted by molar-refractivity contribution is 5.90. The number of nitrogen functional groups attached to an aromatic ring is 1. The van der Waals surface area contributed by atoms with Crippen molar-refractivity contribution in [3.63, 3.8) is 0 Å². The molecule has 1 aliphatic carbocycles. The van der Waals surface area contributed by atoms with Crippen LogP contribution < -0.4 is 10.6 Å². The molecule has 4 nitrogen and oxygen atoms in total. The number of aromatic carboxylic acids is 1. The summed E-state index contributed by atoms with van der Waals surface area (Å²) in [6, 6.07) is 4.94. The number of nitrogens with two attached hydrogens (primary N) is 1. The van der Waals surface area contributed by atoms with E-state index in [9.17, 15) is 4.79 Å². The number of benzene rings is 1. The molecule has 1 aromatic carbocycles. The predicted molar refractivity (Wildman–Crippen MR) is 73.0 cm³/mol. The Morgan fingerprint density at radius 3 is 2.78 bits per heavy atom. The molecule has 4 heteroatoms. The minimum atomic E-state index is -0.904. The predicted octanol–water partition coefficient (Wildman–Crippen LogP) is 2.59. The van der Waals surface area contributed by atoms with Crippen LogP contribution in [0.3, 0.4) is 0 Å². The fourth-order valence-electron chi connectivity index (χ4n) is 2.14. The summed E-state index contributed by atoms with van der Waals surface area (Å²) in [5.41, 5.74) is 7.81. The first-order valence-corrected chi connectivity index (χ1v) is 6.49. The topological polar surface area (TPSA) is 66.6 Å². The van der Waals surface area contributed by atoms with Crippen molar-refractivity contribution < 1.29 is 9.90 Å². The van der Waals surface area contributed by atoms with Crippen LogP contribution in [0.15, 0.2) is 18.2 Å². The standard InChI is InChI=1S/C14H20N2O2/c1-2-7-16(9-10-3-4-10)13-8-11(14(17)18)5-6-12(13)15/h5-6,8,10H,2-4,7,9,15H2,1H3,(H,17,18). The first-order chi connectivity index (χ1) is 8.61. The Morgan fingerprint density at radius 1 is 1.50 bits per heavy atom. The number of carboxylic acid groups (broad SMARTS) is 1. The zero-order valence-corrected chi connectivity index (χ0v) is 10.7. The lowest BCUT2D eigenvalue weighted by Gasteiger charge is -2.26. The molecule has 0 unspecified atom stereocenters. The van der Waals surface area contributed by atoms with Crippen LogP contribution in [0.5, 0.6) is 0 Å². The quantitative estimate of drug-likeness (QED) is 0.759. The van der Waals surface area contributed by atoms with Gasteiger partial charge in [0.15, 0.2) is 0 Å². The van der Waals surface area contributed by atoms with Crippen LogP contribution >= 0.6 is 0 Å². The molecule has 1 aliphatic rings. The highest BCUT2D eigenvalue weighted by Gasteiger charge is 2.25. The SMILES string of the molecule is CCCN(CC1CC1)c1cc(C(=O)O)ccc1N. The molecule has 3 N–H and O–H groups in total. The molecule has 1 aromatic rings. The van der Waals surface area contributed by atoms with Gasteiger partial charge in [0.2, 0.25) is 0 Å². The van der Waals surface area contributed by atoms with E-state index in [1.807, 2.05) is 0 Å². The van der Waals surface area contributed by atoms with Crippen LogP contribution in [-0.4, -0.2) is 24.2 Å². The van der Waals surface area contributed by atoms with Gasteiger partial charge >= 0.3 is 5.97 Å². The van der Waals surface area contributed by atoms with Crippen molar-refractivity contribution in [2.75, 3.05) is 23.7 Å². The normalized spacial score (nSPS) is 14.5. The van der Waals surface area contributed by atoms with Crippen molar-refractivity contribution in [1.29, 1.82) is 0 Å². The van der Waals surface area contributed by atoms with E-state index in [2.05, 4.69) is 11.8 Å². The highest BCUT2D eigenvalue weighted by atomic mass is 16.4. The number of carboxylic acids is 1. The van der Waals surface area contributed by atoms with Crippen molar-refractivity contribution in [3.05, 3.63) is 23.8 Å². The molecular formula is C14H20N2O2. The van der Waals surface area contributed by atoms with E-state index in [0.717, 1.165) is 31.1 Å². The summed E-state index contributed by atoms with van der Waals surface area (Å²) >= 11 is 0. The molecule has 0 spiro atoms. The van der Waals surface area contributed by atoms with Gasteiger partial charge in [-0.2, -0.15) is 0 Å². The average Bonchev–Trinajstić information content (AvgIpc) is 3.13. The van der Waals surface area contributed by atoms with E-state index >= 15 is 0 Å². The molecule has 0 aromatic heterocycles. The lowest BCUT2D eigenvalue weighted by Crippen LogP contribution is -2.27. The zero-order valence-electron chi connectivity index (χ0n) is 10.7. The number of carbonyl (C=O) groups is 1. The molecule has 1 fully saturated rings. The Balaban J connectivity index is 2.25. The number of nitrogens with zero attached hydrogens (tertiary/aromatic N) is 1. The van der Waals surface area contributed by atoms with E-state index in [-0.39, 0.29) is 0 Å². The lowest BCUT2D eigenvalue weighted by molar-refractivity contribution is 0.0697. The lowest BCUT2D eigenvalue weighted by atomic mass is 10.1. The molecule has 98 valence electrons. The molecule has 0 aliphatic heterocycles. The molecule has 0 saturated heterocycles. The zero-order chi connectivity index (χ0) is 13.1. The van der Waals surface area contributed by atoms with E-state index in [0.29, 0.717) is 11.3 Å².